The molecule has 0 unspecified atom stereocenters. The normalized spacial score (nSPS) is 22.4. The van der Waals surface area contributed by atoms with Gasteiger partial charge in [-0.25, -0.2) is 4.79 Å². The van der Waals surface area contributed by atoms with E-state index >= 15 is 0 Å². The first-order valence-electron chi connectivity index (χ1n) is 9.00. The van der Waals surface area contributed by atoms with Gasteiger partial charge < -0.3 is 4.74 Å². The van der Waals surface area contributed by atoms with E-state index in [-0.39, 0.29) is 11.8 Å². The van der Waals surface area contributed by atoms with E-state index in [4.69, 9.17) is 4.74 Å². The molecule has 1 aliphatic carbocycles. The first kappa shape index (κ1) is 18.0. The Kier molecular flexibility index (Phi) is 4.50. The lowest BCUT2D eigenvalue weighted by Gasteiger charge is -2.21. The van der Waals surface area contributed by atoms with Crippen molar-refractivity contribution < 1.29 is 19.1 Å². The molecule has 2 amide bonds. The van der Waals surface area contributed by atoms with Crippen LogP contribution in [0.4, 0.5) is 0 Å². The van der Waals surface area contributed by atoms with E-state index in [9.17, 15) is 19.2 Å². The molecule has 9 nitrogen and oxygen atoms in total. The lowest BCUT2D eigenvalue weighted by atomic mass is 9.85. The molecule has 0 N–H and O–H groups in total. The van der Waals surface area contributed by atoms with Gasteiger partial charge in [0.15, 0.2) is 6.73 Å². The van der Waals surface area contributed by atoms with Gasteiger partial charge in [0.25, 0.3) is 5.56 Å². The number of fused-ring (bicyclic) bond motifs is 2. The fraction of sp³-hybridized carbons (Fsp3) is 0.368. The number of likely N-dealkylation sites (tertiary alicyclic amines) is 1. The molecule has 0 radical (unpaired) electrons. The molecule has 2 aliphatic rings. The Morgan fingerprint density at radius 2 is 1.79 bits per heavy atom. The van der Waals surface area contributed by atoms with Crippen LogP contribution in [-0.2, 0) is 25.9 Å². The summed E-state index contributed by atoms with van der Waals surface area (Å²) in [5.41, 5.74) is -0.00982. The number of ether oxygens (including phenoxy) is 1. The van der Waals surface area contributed by atoms with Gasteiger partial charge in [-0.3, -0.25) is 19.3 Å². The summed E-state index contributed by atoms with van der Waals surface area (Å²) in [5.74, 6) is -2.32. The molecule has 1 aromatic carbocycles. The number of imide groups is 1. The quantitative estimate of drug-likeness (QED) is 0.433. The van der Waals surface area contributed by atoms with Crippen LogP contribution in [-0.4, -0.2) is 43.7 Å². The molecular formula is C19H18N4O5. The van der Waals surface area contributed by atoms with Gasteiger partial charge >= 0.3 is 5.97 Å². The molecule has 1 aromatic heterocycles. The van der Waals surface area contributed by atoms with Gasteiger partial charge in [0.2, 0.25) is 11.8 Å². The summed E-state index contributed by atoms with van der Waals surface area (Å²) < 4.78 is 6.06. The van der Waals surface area contributed by atoms with Crippen molar-refractivity contribution in [3.8, 4) is 0 Å². The molecule has 0 bridgehead atoms. The second-order valence-corrected chi connectivity index (χ2v) is 6.88. The molecule has 0 spiro atoms. The number of carbonyl (C=O) groups excluding carboxylic acids is 3. The van der Waals surface area contributed by atoms with Crippen LogP contribution in [0.5, 0.6) is 0 Å². The summed E-state index contributed by atoms with van der Waals surface area (Å²) in [6.07, 6.45) is 4.75. The highest BCUT2D eigenvalue weighted by Gasteiger charge is 2.50. The Morgan fingerprint density at radius 1 is 1.14 bits per heavy atom. The predicted molar refractivity (Wildman–Crippen MR) is 96.6 cm³/mol. The number of carbonyl (C=O) groups is 3. The van der Waals surface area contributed by atoms with Crippen molar-refractivity contribution >= 4 is 28.7 Å². The lowest BCUT2D eigenvalue weighted by Crippen LogP contribution is -2.44. The van der Waals surface area contributed by atoms with Gasteiger partial charge in [-0.05, 0) is 31.9 Å². The zero-order valence-electron chi connectivity index (χ0n) is 15.1. The van der Waals surface area contributed by atoms with Crippen molar-refractivity contribution in [1.82, 2.24) is 19.9 Å². The number of esters is 1. The van der Waals surface area contributed by atoms with E-state index in [2.05, 4.69) is 10.3 Å². The number of aromatic nitrogens is 3. The molecule has 0 saturated carbocycles. The first-order valence-corrected chi connectivity index (χ1v) is 9.00. The highest BCUT2D eigenvalue weighted by molar-refractivity contribution is 6.08. The van der Waals surface area contributed by atoms with Crippen LogP contribution in [0.15, 0.2) is 41.2 Å². The molecule has 3 atom stereocenters. The molecule has 1 aliphatic heterocycles. The van der Waals surface area contributed by atoms with Gasteiger partial charge in [-0.15, -0.1) is 5.10 Å². The number of amides is 2. The lowest BCUT2D eigenvalue weighted by molar-refractivity contribution is -0.161. The minimum Gasteiger partial charge on any atom is -0.441 e. The van der Waals surface area contributed by atoms with Crippen LogP contribution in [0.3, 0.4) is 0 Å². The van der Waals surface area contributed by atoms with Gasteiger partial charge in [-0.1, -0.05) is 29.5 Å². The summed E-state index contributed by atoms with van der Waals surface area (Å²) in [4.78, 5) is 50.9. The van der Waals surface area contributed by atoms with Crippen LogP contribution in [0.2, 0.25) is 0 Å². The third-order valence-electron chi connectivity index (χ3n) is 5.23. The van der Waals surface area contributed by atoms with Crippen LogP contribution >= 0.6 is 0 Å². The van der Waals surface area contributed by atoms with Gasteiger partial charge in [0.05, 0.1) is 17.2 Å². The number of benzene rings is 1. The maximum Gasteiger partial charge on any atom is 0.330 e. The number of rotatable bonds is 4. The molecule has 9 heteroatoms. The Bertz CT molecular complexity index is 1030. The predicted octanol–water partition coefficient (Wildman–Crippen LogP) is 0.632. The number of hydrogen-bond acceptors (Lipinski definition) is 7. The van der Waals surface area contributed by atoms with E-state index < -0.39 is 36.1 Å². The second kappa shape index (κ2) is 6.99. The van der Waals surface area contributed by atoms with E-state index in [1.165, 1.54) is 6.92 Å². The minimum absolute atomic E-state index is 0.350. The molecule has 1 saturated heterocycles. The Balaban J connectivity index is 1.47. The van der Waals surface area contributed by atoms with E-state index in [1.807, 2.05) is 12.2 Å². The van der Waals surface area contributed by atoms with E-state index in [0.29, 0.717) is 23.7 Å². The average molecular weight is 382 g/mol. The monoisotopic (exact) mass is 382 g/mol. The Labute approximate surface area is 159 Å². The maximum absolute atomic E-state index is 12.6. The molecule has 2 heterocycles. The Morgan fingerprint density at radius 3 is 2.46 bits per heavy atom. The van der Waals surface area contributed by atoms with Crippen molar-refractivity contribution in [1.29, 1.82) is 0 Å². The summed E-state index contributed by atoms with van der Waals surface area (Å²) in [6.45, 7) is 0.988. The zero-order valence-corrected chi connectivity index (χ0v) is 15.1. The fourth-order valence-electron chi connectivity index (χ4n) is 3.67. The minimum atomic E-state index is -1.07. The fourth-order valence-corrected chi connectivity index (χ4v) is 3.67. The third kappa shape index (κ3) is 2.88. The van der Waals surface area contributed by atoms with E-state index in [0.717, 1.165) is 9.58 Å². The van der Waals surface area contributed by atoms with E-state index in [1.54, 1.807) is 24.3 Å². The van der Waals surface area contributed by atoms with Crippen LogP contribution in [0.1, 0.15) is 19.8 Å². The van der Waals surface area contributed by atoms with Gasteiger partial charge in [-0.2, -0.15) is 4.68 Å². The average Bonchev–Trinajstić information content (AvgIpc) is 2.97. The van der Waals surface area contributed by atoms with Crippen LogP contribution < -0.4 is 5.56 Å². The third-order valence-corrected chi connectivity index (χ3v) is 5.23. The molecular weight excluding hydrogens is 364 g/mol. The highest BCUT2D eigenvalue weighted by atomic mass is 16.5. The standard InChI is InChI=1S/C19H18N4O5/c1-11(23-17(25)12-6-2-3-7-13(12)18(23)26)19(27)28-10-22-16(24)14-8-4-5-9-15(14)20-21-22/h2-5,8-9,11-13H,6-7,10H2,1H3/t11-,12+,13+/m0/s1. The van der Waals surface area contributed by atoms with Gasteiger partial charge in [0, 0.05) is 0 Å². The number of nitrogens with zero attached hydrogens (tertiary/aromatic N) is 4. The van der Waals surface area contributed by atoms with Crippen molar-refractivity contribution in [3.63, 3.8) is 0 Å². The van der Waals surface area contributed by atoms with Gasteiger partial charge in [0.1, 0.15) is 11.6 Å². The Hall–Kier alpha value is -3.36. The smallest absolute Gasteiger partial charge is 0.330 e. The zero-order chi connectivity index (χ0) is 19.8. The SMILES string of the molecule is C[C@@H](C(=O)OCn1nnc2ccccc2c1=O)N1C(=O)[C@@H]2CC=CC[C@H]2C1=O. The number of hydrogen-bond donors (Lipinski definition) is 0. The molecule has 28 heavy (non-hydrogen) atoms. The first-order chi connectivity index (χ1) is 13.5. The van der Waals surface area contributed by atoms with Crippen molar-refractivity contribution in [2.24, 2.45) is 11.8 Å². The molecule has 2 aromatic rings. The van der Waals surface area contributed by atoms with Crippen LogP contribution in [0, 0.1) is 11.8 Å². The van der Waals surface area contributed by atoms with Crippen molar-refractivity contribution in [2.45, 2.75) is 32.5 Å². The molecule has 1 fully saturated rings. The van der Waals surface area contributed by atoms with Crippen LogP contribution in [0.25, 0.3) is 10.9 Å². The summed E-state index contributed by atoms with van der Waals surface area (Å²) >= 11 is 0. The highest BCUT2D eigenvalue weighted by Crippen LogP contribution is 2.36. The summed E-state index contributed by atoms with van der Waals surface area (Å²) in [7, 11) is 0. The molecule has 144 valence electrons. The largest absolute Gasteiger partial charge is 0.441 e. The maximum atomic E-state index is 12.6. The topological polar surface area (TPSA) is 111 Å². The van der Waals surface area contributed by atoms with Crippen molar-refractivity contribution in [3.05, 3.63) is 46.8 Å². The molecule has 4 rings (SSSR count). The number of allylic oxidation sites excluding steroid dienone is 2. The summed E-state index contributed by atoms with van der Waals surface area (Å²) in [5, 5.41) is 8.01. The second-order valence-electron chi connectivity index (χ2n) is 6.88. The summed E-state index contributed by atoms with van der Waals surface area (Å²) in [6, 6.07) is 5.61. The van der Waals surface area contributed by atoms with Crippen molar-refractivity contribution in [2.75, 3.05) is 0 Å².